The molecule has 20 heavy (non-hydrogen) atoms. The van der Waals surface area contributed by atoms with Crippen molar-refractivity contribution in [2.75, 3.05) is 20.8 Å². The van der Waals surface area contributed by atoms with E-state index in [2.05, 4.69) is 4.74 Å². The zero-order valence-electron chi connectivity index (χ0n) is 11.9. The molecule has 0 aliphatic heterocycles. The number of carbonyl (C=O) groups excluding carboxylic acids is 1. The fourth-order valence-corrected chi connectivity index (χ4v) is 1.52. The maximum Gasteiger partial charge on any atom is 0.339 e. The van der Waals surface area contributed by atoms with Gasteiger partial charge in [-0.25, -0.2) is 4.79 Å². The van der Waals surface area contributed by atoms with E-state index in [0.717, 1.165) is 0 Å². The van der Waals surface area contributed by atoms with Crippen molar-refractivity contribution < 1.29 is 28.9 Å². The average molecular weight is 282 g/mol. The second kappa shape index (κ2) is 6.27. The van der Waals surface area contributed by atoms with E-state index in [1.165, 1.54) is 32.4 Å². The molecular formula is C14H18O6. The number of carboxylic acids is 1. The summed E-state index contributed by atoms with van der Waals surface area (Å²) in [5, 5.41) is 9.10. The van der Waals surface area contributed by atoms with Gasteiger partial charge < -0.3 is 19.3 Å². The highest BCUT2D eigenvalue weighted by Gasteiger charge is 2.30. The molecule has 110 valence electrons. The van der Waals surface area contributed by atoms with Gasteiger partial charge in [-0.1, -0.05) is 0 Å². The van der Waals surface area contributed by atoms with Gasteiger partial charge in [-0.2, -0.15) is 0 Å². The summed E-state index contributed by atoms with van der Waals surface area (Å²) >= 11 is 0. The second-order valence-corrected chi connectivity index (χ2v) is 4.83. The quantitative estimate of drug-likeness (QED) is 0.803. The lowest BCUT2D eigenvalue weighted by atomic mass is 9.95. The molecule has 0 bridgehead atoms. The van der Waals surface area contributed by atoms with Crippen molar-refractivity contribution in [1.82, 2.24) is 0 Å². The van der Waals surface area contributed by atoms with Crippen molar-refractivity contribution in [1.29, 1.82) is 0 Å². The SMILES string of the molecule is COC(=O)C(C)(C)COc1cc(OC)ccc1C(=O)O. The van der Waals surface area contributed by atoms with E-state index in [9.17, 15) is 9.59 Å². The molecule has 0 aromatic heterocycles. The highest BCUT2D eigenvalue weighted by atomic mass is 16.5. The average Bonchev–Trinajstić information content (AvgIpc) is 2.43. The minimum absolute atomic E-state index is 0.00599. The maximum absolute atomic E-state index is 11.6. The first-order valence-electron chi connectivity index (χ1n) is 5.94. The molecule has 1 N–H and O–H groups in total. The molecule has 0 aliphatic rings. The van der Waals surface area contributed by atoms with Crippen molar-refractivity contribution >= 4 is 11.9 Å². The molecule has 0 aliphatic carbocycles. The number of methoxy groups -OCH3 is 2. The van der Waals surface area contributed by atoms with Gasteiger partial charge in [0, 0.05) is 6.07 Å². The number of hydrogen-bond donors (Lipinski definition) is 1. The van der Waals surface area contributed by atoms with Crippen LogP contribution >= 0.6 is 0 Å². The van der Waals surface area contributed by atoms with Gasteiger partial charge in [0.1, 0.15) is 23.7 Å². The number of esters is 1. The molecule has 0 amide bonds. The van der Waals surface area contributed by atoms with Gasteiger partial charge in [-0.15, -0.1) is 0 Å². The van der Waals surface area contributed by atoms with E-state index < -0.39 is 17.4 Å². The fourth-order valence-electron chi connectivity index (χ4n) is 1.52. The summed E-state index contributed by atoms with van der Waals surface area (Å²) in [5.41, 5.74) is -0.875. The van der Waals surface area contributed by atoms with Crippen LogP contribution in [0.25, 0.3) is 0 Å². The van der Waals surface area contributed by atoms with Crippen LogP contribution in [-0.4, -0.2) is 37.9 Å². The van der Waals surface area contributed by atoms with Crippen LogP contribution in [0.2, 0.25) is 0 Å². The molecule has 0 radical (unpaired) electrons. The van der Waals surface area contributed by atoms with Crippen molar-refractivity contribution in [2.24, 2.45) is 5.41 Å². The molecular weight excluding hydrogens is 264 g/mol. The van der Waals surface area contributed by atoms with Crippen molar-refractivity contribution in [2.45, 2.75) is 13.8 Å². The van der Waals surface area contributed by atoms with Crippen LogP contribution in [-0.2, 0) is 9.53 Å². The Bertz CT molecular complexity index is 506. The van der Waals surface area contributed by atoms with Crippen LogP contribution in [0.3, 0.4) is 0 Å². The fraction of sp³-hybridized carbons (Fsp3) is 0.429. The van der Waals surface area contributed by atoms with Crippen LogP contribution in [0.15, 0.2) is 18.2 Å². The molecule has 6 nitrogen and oxygen atoms in total. The van der Waals surface area contributed by atoms with Crippen molar-refractivity contribution in [3.8, 4) is 11.5 Å². The number of ether oxygens (including phenoxy) is 3. The minimum atomic E-state index is -1.11. The maximum atomic E-state index is 11.6. The van der Waals surface area contributed by atoms with E-state index in [1.54, 1.807) is 13.8 Å². The summed E-state index contributed by atoms with van der Waals surface area (Å²) in [6.45, 7) is 3.30. The highest BCUT2D eigenvalue weighted by Crippen LogP contribution is 2.27. The first-order chi connectivity index (χ1) is 9.31. The minimum Gasteiger partial charge on any atom is -0.497 e. The van der Waals surface area contributed by atoms with E-state index in [0.29, 0.717) is 5.75 Å². The zero-order chi connectivity index (χ0) is 15.3. The number of benzene rings is 1. The van der Waals surface area contributed by atoms with Gasteiger partial charge in [0.25, 0.3) is 0 Å². The van der Waals surface area contributed by atoms with Gasteiger partial charge in [0.05, 0.1) is 19.6 Å². The first-order valence-corrected chi connectivity index (χ1v) is 5.94. The Morgan fingerprint density at radius 2 is 1.90 bits per heavy atom. The van der Waals surface area contributed by atoms with Gasteiger partial charge in [-0.05, 0) is 26.0 Å². The predicted octanol–water partition coefficient (Wildman–Crippen LogP) is 1.97. The Labute approximate surface area is 117 Å². The van der Waals surface area contributed by atoms with Crippen LogP contribution < -0.4 is 9.47 Å². The van der Waals surface area contributed by atoms with E-state index in [4.69, 9.17) is 14.6 Å². The van der Waals surface area contributed by atoms with Crippen LogP contribution in [0.5, 0.6) is 11.5 Å². The molecule has 6 heteroatoms. The summed E-state index contributed by atoms with van der Waals surface area (Å²) in [4.78, 5) is 22.7. The Hall–Kier alpha value is -2.24. The molecule has 0 saturated heterocycles. The largest absolute Gasteiger partial charge is 0.497 e. The molecule has 0 heterocycles. The second-order valence-electron chi connectivity index (χ2n) is 4.83. The third-order valence-corrected chi connectivity index (χ3v) is 2.75. The number of hydrogen-bond acceptors (Lipinski definition) is 5. The number of carbonyl (C=O) groups is 2. The summed E-state index contributed by atoms with van der Waals surface area (Å²) in [6.07, 6.45) is 0. The Morgan fingerprint density at radius 1 is 1.25 bits per heavy atom. The molecule has 1 rings (SSSR count). The number of carboxylic acid groups (broad SMARTS) is 1. The molecule has 0 fully saturated rings. The first kappa shape index (κ1) is 15.8. The third kappa shape index (κ3) is 3.63. The Kier molecular flexibility index (Phi) is 4.96. The predicted molar refractivity (Wildman–Crippen MR) is 71.2 cm³/mol. The summed E-state index contributed by atoms with van der Waals surface area (Å²) < 4.78 is 15.2. The van der Waals surface area contributed by atoms with Crippen LogP contribution in [0.4, 0.5) is 0 Å². The van der Waals surface area contributed by atoms with Gasteiger partial charge in [-0.3, -0.25) is 4.79 Å². The Morgan fingerprint density at radius 3 is 2.40 bits per heavy atom. The number of rotatable bonds is 6. The van der Waals surface area contributed by atoms with E-state index in [-0.39, 0.29) is 17.9 Å². The summed E-state index contributed by atoms with van der Waals surface area (Å²) in [6, 6.07) is 4.39. The van der Waals surface area contributed by atoms with Crippen LogP contribution in [0, 0.1) is 5.41 Å². The topological polar surface area (TPSA) is 82.1 Å². The standard InChI is InChI=1S/C14H18O6/c1-14(2,13(17)19-4)8-20-11-7-9(18-3)5-6-10(11)12(15)16/h5-7H,8H2,1-4H3,(H,15,16). The zero-order valence-corrected chi connectivity index (χ0v) is 11.9. The van der Waals surface area contributed by atoms with Gasteiger partial charge >= 0.3 is 11.9 Å². The molecule has 1 aromatic rings. The van der Waals surface area contributed by atoms with Crippen molar-refractivity contribution in [3.05, 3.63) is 23.8 Å². The highest BCUT2D eigenvalue weighted by molar-refractivity contribution is 5.91. The normalized spacial score (nSPS) is 10.8. The lowest BCUT2D eigenvalue weighted by molar-refractivity contribution is -0.152. The van der Waals surface area contributed by atoms with Gasteiger partial charge in [0.2, 0.25) is 0 Å². The molecule has 0 saturated carbocycles. The monoisotopic (exact) mass is 282 g/mol. The molecule has 0 unspecified atom stereocenters. The van der Waals surface area contributed by atoms with E-state index >= 15 is 0 Å². The summed E-state index contributed by atoms with van der Waals surface area (Å²) in [5.74, 6) is -0.925. The Balaban J connectivity index is 2.96. The lowest BCUT2D eigenvalue weighted by Gasteiger charge is -2.22. The summed E-state index contributed by atoms with van der Waals surface area (Å²) in [7, 11) is 2.76. The van der Waals surface area contributed by atoms with Crippen LogP contribution in [0.1, 0.15) is 24.2 Å². The molecule has 0 atom stereocenters. The van der Waals surface area contributed by atoms with Crippen molar-refractivity contribution in [3.63, 3.8) is 0 Å². The van der Waals surface area contributed by atoms with E-state index in [1.807, 2.05) is 0 Å². The molecule has 1 aromatic carbocycles. The molecule has 0 spiro atoms. The number of aromatic carboxylic acids is 1. The lowest BCUT2D eigenvalue weighted by Crippen LogP contribution is -2.32. The third-order valence-electron chi connectivity index (χ3n) is 2.75. The smallest absolute Gasteiger partial charge is 0.339 e. The van der Waals surface area contributed by atoms with Gasteiger partial charge in [0.15, 0.2) is 0 Å².